The van der Waals surface area contributed by atoms with Crippen LogP contribution in [-0.4, -0.2) is 66.6 Å². The van der Waals surface area contributed by atoms with Gasteiger partial charge in [-0.3, -0.25) is 19.8 Å². The van der Waals surface area contributed by atoms with Gasteiger partial charge in [0.1, 0.15) is 11.9 Å². The number of ether oxygens (including phenoxy) is 2. The number of rotatable bonds is 7. The van der Waals surface area contributed by atoms with Crippen molar-refractivity contribution in [2.75, 3.05) is 26.3 Å². The fraction of sp³-hybridized carbons (Fsp3) is 0.355. The summed E-state index contributed by atoms with van der Waals surface area (Å²) < 4.78 is 11.7. The molecule has 5 N–H and O–H groups in total. The molecule has 10 nitrogen and oxygen atoms in total. The minimum Gasteiger partial charge on any atom is -0.384 e. The van der Waals surface area contributed by atoms with Crippen molar-refractivity contribution in [2.45, 2.75) is 44.1 Å². The Kier molecular flexibility index (Phi) is 7.34. The Hall–Kier alpha value is -4.06. The number of carbonyl (C=O) groups excluding carboxylic acids is 3. The van der Waals surface area contributed by atoms with E-state index in [1.807, 2.05) is 31.2 Å². The molecule has 1 aromatic heterocycles. The zero-order chi connectivity index (χ0) is 29.6. The number of nitrogens with zero attached hydrogens (tertiary/aromatic N) is 1. The van der Waals surface area contributed by atoms with Gasteiger partial charge in [0.25, 0.3) is 5.91 Å². The first kappa shape index (κ1) is 28.1. The first-order valence-corrected chi connectivity index (χ1v) is 14.9. The van der Waals surface area contributed by atoms with Gasteiger partial charge in [0.05, 0.1) is 32.3 Å². The molecule has 218 valence electrons. The normalized spacial score (nSPS) is 20.7. The van der Waals surface area contributed by atoms with Crippen LogP contribution in [0.25, 0.3) is 11.1 Å². The van der Waals surface area contributed by atoms with Crippen LogP contribution in [0.2, 0.25) is 0 Å². The summed E-state index contributed by atoms with van der Waals surface area (Å²) >= 11 is 1.40. The van der Waals surface area contributed by atoms with Crippen LogP contribution in [0, 0.1) is 5.41 Å². The van der Waals surface area contributed by atoms with E-state index in [0.717, 1.165) is 16.0 Å². The van der Waals surface area contributed by atoms with Crippen molar-refractivity contribution in [2.24, 2.45) is 5.73 Å². The Balaban J connectivity index is 1.14. The van der Waals surface area contributed by atoms with E-state index in [1.165, 1.54) is 27.4 Å². The molecule has 3 aliphatic rings. The molecule has 2 saturated heterocycles. The van der Waals surface area contributed by atoms with Crippen LogP contribution in [0.1, 0.15) is 64.2 Å². The van der Waals surface area contributed by atoms with E-state index in [2.05, 4.69) is 29.7 Å². The van der Waals surface area contributed by atoms with Crippen molar-refractivity contribution < 1.29 is 23.9 Å². The van der Waals surface area contributed by atoms with E-state index in [0.29, 0.717) is 24.3 Å². The van der Waals surface area contributed by atoms with Crippen LogP contribution in [0.3, 0.4) is 0 Å². The lowest BCUT2D eigenvalue weighted by Crippen LogP contribution is -2.49. The molecule has 2 fully saturated rings. The molecule has 2 aromatic carbocycles. The number of nitrogens with two attached hydrogens (primary N) is 1. The quantitative estimate of drug-likeness (QED) is 0.247. The molecule has 11 heteroatoms. The van der Waals surface area contributed by atoms with Crippen molar-refractivity contribution in [3.63, 3.8) is 0 Å². The molecule has 2 unspecified atom stereocenters. The molecule has 3 aromatic rings. The first-order chi connectivity index (χ1) is 20.2. The zero-order valence-electron chi connectivity index (χ0n) is 23.4. The molecule has 1 spiro atoms. The summed E-state index contributed by atoms with van der Waals surface area (Å²) in [6.07, 6.45) is 0.191. The van der Waals surface area contributed by atoms with E-state index in [-0.39, 0.29) is 49.1 Å². The van der Waals surface area contributed by atoms with Crippen molar-refractivity contribution in [1.82, 2.24) is 15.5 Å². The second kappa shape index (κ2) is 11.0. The van der Waals surface area contributed by atoms with Crippen molar-refractivity contribution >= 4 is 34.9 Å². The number of fused-ring (bicyclic) bond motifs is 3. The molecule has 3 amide bonds. The number of benzene rings is 2. The average molecular weight is 588 g/mol. The highest BCUT2D eigenvalue weighted by atomic mass is 32.1. The first-order valence-electron chi connectivity index (χ1n) is 14.0. The van der Waals surface area contributed by atoms with Crippen LogP contribution in [0.4, 0.5) is 0 Å². The van der Waals surface area contributed by atoms with Crippen LogP contribution in [-0.2, 0) is 19.1 Å². The van der Waals surface area contributed by atoms with Gasteiger partial charge in [-0.05, 0) is 47.4 Å². The molecule has 0 bridgehead atoms. The summed E-state index contributed by atoms with van der Waals surface area (Å²) in [4.78, 5) is 42.3. The van der Waals surface area contributed by atoms with E-state index < -0.39 is 17.7 Å². The summed E-state index contributed by atoms with van der Waals surface area (Å²) in [6, 6.07) is 14.4. The van der Waals surface area contributed by atoms with Crippen LogP contribution in [0.5, 0.6) is 0 Å². The number of hydrogen-bond donors (Lipinski definition) is 4. The highest BCUT2D eigenvalue weighted by Gasteiger charge is 2.52. The predicted molar refractivity (Wildman–Crippen MR) is 158 cm³/mol. The molecule has 1 aliphatic carbocycles. The number of thiophene rings is 1. The number of carbonyl (C=O) groups is 3. The molecular formula is C31H33N5O5S. The standard InChI is InChI=1S/C31H33N5O5S/c1-17-21-5-3-4-6-23(21)24-11-19(7-8-22(17)24)29(38)34-14-27(37)36-16-31(40-9-10-41-31)13-25(36)30(39)35-18(2)26-12-20(15-42-26)28(32)33/h3-8,11-12,15,17-18,25H,9-10,13-14,16H2,1-2H3,(H3,32,33)(H,34,38)(H,35,39)/t17?,18?,25-/m0/s1. The van der Waals surface area contributed by atoms with Gasteiger partial charge in [-0.25, -0.2) is 0 Å². The summed E-state index contributed by atoms with van der Waals surface area (Å²) in [6.45, 7) is 4.57. The number of nitrogens with one attached hydrogen (secondary N) is 3. The fourth-order valence-corrected chi connectivity index (χ4v) is 7.01. The van der Waals surface area contributed by atoms with Crippen molar-refractivity contribution in [3.8, 4) is 11.1 Å². The fourth-order valence-electron chi connectivity index (χ4n) is 6.10. The van der Waals surface area contributed by atoms with Crippen molar-refractivity contribution in [1.29, 1.82) is 5.41 Å². The van der Waals surface area contributed by atoms with Gasteiger partial charge >= 0.3 is 0 Å². The molecular weight excluding hydrogens is 554 g/mol. The molecule has 3 heterocycles. The Morgan fingerprint density at radius 3 is 2.57 bits per heavy atom. The maximum atomic E-state index is 13.5. The number of hydrogen-bond acceptors (Lipinski definition) is 7. The SMILES string of the molecule is CC(NC(=O)[C@@H]1CC2(CN1C(=O)CNC(=O)c1ccc3c(c1)-c1ccccc1C3C)OCCO2)c1cc(C(=N)N)cs1. The highest BCUT2D eigenvalue weighted by Crippen LogP contribution is 2.44. The Morgan fingerprint density at radius 2 is 1.83 bits per heavy atom. The summed E-state index contributed by atoms with van der Waals surface area (Å²) in [7, 11) is 0. The lowest BCUT2D eigenvalue weighted by Gasteiger charge is -2.25. The number of amidine groups is 1. The van der Waals surface area contributed by atoms with E-state index >= 15 is 0 Å². The number of likely N-dealkylation sites (tertiary alicyclic amines) is 1. The Morgan fingerprint density at radius 1 is 1.10 bits per heavy atom. The molecule has 0 saturated carbocycles. The number of nitrogen functional groups attached to an aromatic ring is 1. The molecule has 6 rings (SSSR count). The second-order valence-electron chi connectivity index (χ2n) is 11.0. The van der Waals surface area contributed by atoms with Gasteiger partial charge in [0.2, 0.25) is 11.8 Å². The predicted octanol–water partition coefficient (Wildman–Crippen LogP) is 3.12. The maximum Gasteiger partial charge on any atom is 0.251 e. The van der Waals surface area contributed by atoms with Crippen molar-refractivity contribution in [3.05, 3.63) is 81.0 Å². The Labute approximate surface area is 247 Å². The monoisotopic (exact) mass is 587 g/mol. The molecule has 0 radical (unpaired) electrons. The molecule has 2 aliphatic heterocycles. The minimum atomic E-state index is -1.04. The van der Waals surface area contributed by atoms with Gasteiger partial charge in [-0.1, -0.05) is 37.3 Å². The van der Waals surface area contributed by atoms with Gasteiger partial charge in [0, 0.05) is 33.7 Å². The molecule has 42 heavy (non-hydrogen) atoms. The van der Waals surface area contributed by atoms with Gasteiger partial charge < -0.3 is 30.7 Å². The van der Waals surface area contributed by atoms with E-state index in [4.69, 9.17) is 20.6 Å². The topological polar surface area (TPSA) is 147 Å². The lowest BCUT2D eigenvalue weighted by molar-refractivity contribution is -0.152. The summed E-state index contributed by atoms with van der Waals surface area (Å²) in [5, 5.41) is 15.1. The lowest BCUT2D eigenvalue weighted by atomic mass is 9.98. The van der Waals surface area contributed by atoms with Gasteiger partial charge in [-0.15, -0.1) is 11.3 Å². The number of amides is 3. The summed E-state index contributed by atoms with van der Waals surface area (Å²) in [5.41, 5.74) is 11.2. The van der Waals surface area contributed by atoms with Gasteiger partial charge in [0.15, 0.2) is 5.79 Å². The van der Waals surface area contributed by atoms with E-state index in [9.17, 15) is 14.4 Å². The third-order valence-electron chi connectivity index (χ3n) is 8.34. The minimum absolute atomic E-state index is 0.0395. The largest absolute Gasteiger partial charge is 0.384 e. The third kappa shape index (κ3) is 5.08. The Bertz CT molecular complexity index is 1580. The maximum absolute atomic E-state index is 13.5. The smallest absolute Gasteiger partial charge is 0.251 e. The van der Waals surface area contributed by atoms with Crippen LogP contribution < -0.4 is 16.4 Å². The van der Waals surface area contributed by atoms with Gasteiger partial charge in [-0.2, -0.15) is 0 Å². The van der Waals surface area contributed by atoms with Crippen LogP contribution >= 0.6 is 11.3 Å². The summed E-state index contributed by atoms with van der Waals surface area (Å²) in [5.74, 6) is -1.94. The highest BCUT2D eigenvalue weighted by molar-refractivity contribution is 7.10. The molecule has 3 atom stereocenters. The zero-order valence-corrected chi connectivity index (χ0v) is 24.3. The average Bonchev–Trinajstić information content (AvgIpc) is 3.79. The second-order valence-corrected chi connectivity index (χ2v) is 12.0. The van der Waals surface area contributed by atoms with E-state index in [1.54, 1.807) is 17.5 Å². The third-order valence-corrected chi connectivity index (χ3v) is 9.46. The van der Waals surface area contributed by atoms with Crippen LogP contribution in [0.15, 0.2) is 53.9 Å².